The van der Waals surface area contributed by atoms with Crippen molar-refractivity contribution in [2.45, 2.75) is 0 Å². The number of anilines is 1. The summed E-state index contributed by atoms with van der Waals surface area (Å²) in [6.45, 7) is 0.501. The number of halogens is 1. The number of aliphatic imine (C=N–C) groups is 1. The van der Waals surface area contributed by atoms with E-state index < -0.39 is 0 Å². The number of nitrogens with one attached hydrogen (secondary N) is 1. The Bertz CT molecular complexity index is 688. The largest absolute Gasteiger partial charge is 0.493 e. The predicted octanol–water partition coefficient (Wildman–Crippen LogP) is 3.76. The molecule has 2 aromatic rings. The van der Waals surface area contributed by atoms with Gasteiger partial charge in [0.1, 0.15) is 0 Å². The maximum atomic E-state index is 5.88. The van der Waals surface area contributed by atoms with Gasteiger partial charge in [0.05, 0.1) is 20.8 Å². The fourth-order valence-electron chi connectivity index (χ4n) is 2.01. The quantitative estimate of drug-likeness (QED) is 0.409. The highest BCUT2D eigenvalue weighted by Gasteiger charge is 2.04. The van der Waals surface area contributed by atoms with E-state index in [1.807, 2.05) is 54.6 Å². The second-order valence-corrected chi connectivity index (χ2v) is 4.73. The van der Waals surface area contributed by atoms with Crippen LogP contribution in [0, 0.1) is 0 Å². The second kappa shape index (κ2) is 10.5. The van der Waals surface area contributed by atoms with Crippen molar-refractivity contribution in [3.8, 4) is 11.5 Å². The Kier molecular flexibility index (Phi) is 8.70. The summed E-state index contributed by atoms with van der Waals surface area (Å²) >= 11 is 0. The topological polar surface area (TPSA) is 68.9 Å². The molecule has 24 heavy (non-hydrogen) atoms. The molecule has 0 atom stereocenters. The van der Waals surface area contributed by atoms with E-state index in [0.29, 0.717) is 24.0 Å². The first kappa shape index (κ1) is 19.8. The zero-order valence-corrected chi connectivity index (χ0v) is 16.1. The van der Waals surface area contributed by atoms with Crippen LogP contribution in [0.5, 0.6) is 11.5 Å². The Morgan fingerprint density at radius 1 is 1.08 bits per heavy atom. The molecule has 0 spiro atoms. The molecule has 128 valence electrons. The average molecular weight is 439 g/mol. The SMILES string of the molecule is COc1ccc(NC(N)=NCC=Cc2ccccc2)cc1OC.I. The minimum absolute atomic E-state index is 0. The number of guanidine groups is 1. The number of nitrogens with zero attached hydrogens (tertiary/aromatic N) is 1. The van der Waals surface area contributed by atoms with Gasteiger partial charge < -0.3 is 20.5 Å². The molecule has 5 nitrogen and oxygen atoms in total. The molecule has 0 amide bonds. The summed E-state index contributed by atoms with van der Waals surface area (Å²) in [6.07, 6.45) is 3.96. The van der Waals surface area contributed by atoms with Crippen LogP contribution in [0.25, 0.3) is 6.08 Å². The summed E-state index contributed by atoms with van der Waals surface area (Å²) in [4.78, 5) is 4.26. The van der Waals surface area contributed by atoms with Gasteiger partial charge in [-0.05, 0) is 17.7 Å². The van der Waals surface area contributed by atoms with Gasteiger partial charge >= 0.3 is 0 Å². The summed E-state index contributed by atoms with van der Waals surface area (Å²) in [5, 5.41) is 3.02. The number of ether oxygens (including phenoxy) is 2. The van der Waals surface area contributed by atoms with Crippen LogP contribution in [0.15, 0.2) is 59.6 Å². The van der Waals surface area contributed by atoms with Crippen molar-refractivity contribution in [1.29, 1.82) is 0 Å². The minimum Gasteiger partial charge on any atom is -0.493 e. The number of rotatable bonds is 6. The zero-order valence-electron chi connectivity index (χ0n) is 13.7. The first-order chi connectivity index (χ1) is 11.2. The molecule has 0 saturated heterocycles. The van der Waals surface area contributed by atoms with Crippen LogP contribution in [0.1, 0.15) is 5.56 Å². The molecule has 2 rings (SSSR count). The van der Waals surface area contributed by atoms with Gasteiger partial charge in [-0.25, -0.2) is 4.99 Å². The third-order valence-corrected chi connectivity index (χ3v) is 3.13. The van der Waals surface area contributed by atoms with Gasteiger partial charge in [0.2, 0.25) is 0 Å². The van der Waals surface area contributed by atoms with E-state index in [9.17, 15) is 0 Å². The van der Waals surface area contributed by atoms with Gasteiger partial charge in [0.25, 0.3) is 0 Å². The van der Waals surface area contributed by atoms with Gasteiger partial charge in [0.15, 0.2) is 17.5 Å². The molecule has 0 fully saturated rings. The third kappa shape index (κ3) is 6.11. The molecule has 0 aromatic heterocycles. The Labute approximate surface area is 159 Å². The van der Waals surface area contributed by atoms with E-state index in [1.165, 1.54) is 0 Å². The fraction of sp³-hybridized carbons (Fsp3) is 0.167. The lowest BCUT2D eigenvalue weighted by Gasteiger charge is -2.10. The van der Waals surface area contributed by atoms with Gasteiger partial charge in [-0.1, -0.05) is 42.5 Å². The minimum atomic E-state index is 0. The maximum Gasteiger partial charge on any atom is 0.193 e. The van der Waals surface area contributed by atoms with Gasteiger partial charge in [0, 0.05) is 11.8 Å². The van der Waals surface area contributed by atoms with E-state index in [-0.39, 0.29) is 24.0 Å². The third-order valence-electron chi connectivity index (χ3n) is 3.13. The summed E-state index contributed by atoms with van der Waals surface area (Å²) in [6, 6.07) is 15.5. The summed E-state index contributed by atoms with van der Waals surface area (Å²) < 4.78 is 10.4. The molecule has 0 aliphatic heterocycles. The van der Waals surface area contributed by atoms with Crippen LogP contribution in [0.3, 0.4) is 0 Å². The lowest BCUT2D eigenvalue weighted by atomic mass is 10.2. The number of benzene rings is 2. The van der Waals surface area contributed by atoms with Gasteiger partial charge in [-0.3, -0.25) is 0 Å². The van der Waals surface area contributed by atoms with E-state index in [2.05, 4.69) is 10.3 Å². The van der Waals surface area contributed by atoms with Crippen molar-refractivity contribution in [3.63, 3.8) is 0 Å². The van der Waals surface area contributed by atoms with Crippen LogP contribution in [0.4, 0.5) is 5.69 Å². The molecular weight excluding hydrogens is 417 g/mol. The van der Waals surface area contributed by atoms with Crippen molar-refractivity contribution in [1.82, 2.24) is 0 Å². The monoisotopic (exact) mass is 439 g/mol. The molecule has 0 radical (unpaired) electrons. The van der Waals surface area contributed by atoms with E-state index >= 15 is 0 Å². The highest BCUT2D eigenvalue weighted by atomic mass is 127. The lowest BCUT2D eigenvalue weighted by molar-refractivity contribution is 0.355. The molecule has 0 bridgehead atoms. The molecule has 0 heterocycles. The van der Waals surface area contributed by atoms with Gasteiger partial charge in [-0.2, -0.15) is 0 Å². The highest BCUT2D eigenvalue weighted by molar-refractivity contribution is 14.0. The normalized spacial score (nSPS) is 11.0. The number of hydrogen-bond acceptors (Lipinski definition) is 3. The Balaban J connectivity index is 0.00000288. The number of nitrogens with two attached hydrogens (primary N) is 1. The van der Waals surface area contributed by atoms with E-state index in [4.69, 9.17) is 15.2 Å². The molecule has 6 heteroatoms. The zero-order chi connectivity index (χ0) is 16.5. The number of methoxy groups -OCH3 is 2. The molecule has 0 saturated carbocycles. The molecule has 2 aromatic carbocycles. The van der Waals surface area contributed by atoms with Crippen molar-refractivity contribution in [3.05, 3.63) is 60.2 Å². The second-order valence-electron chi connectivity index (χ2n) is 4.73. The van der Waals surface area contributed by atoms with Crippen molar-refractivity contribution >= 4 is 41.7 Å². The predicted molar refractivity (Wildman–Crippen MR) is 111 cm³/mol. The van der Waals surface area contributed by atoms with Crippen molar-refractivity contribution in [2.24, 2.45) is 10.7 Å². The van der Waals surface area contributed by atoms with Gasteiger partial charge in [-0.15, -0.1) is 24.0 Å². The van der Waals surface area contributed by atoms with Crippen LogP contribution in [-0.4, -0.2) is 26.7 Å². The standard InChI is InChI=1S/C18H21N3O2.HI/c1-22-16-11-10-15(13-17(16)23-2)21-18(19)20-12-6-9-14-7-4-3-5-8-14;/h3-11,13H,12H2,1-2H3,(H3,19,20,21);1H. The van der Waals surface area contributed by atoms with Crippen LogP contribution in [0.2, 0.25) is 0 Å². The summed E-state index contributed by atoms with van der Waals surface area (Å²) in [5.41, 5.74) is 7.80. The lowest BCUT2D eigenvalue weighted by Crippen LogP contribution is -2.22. The highest BCUT2D eigenvalue weighted by Crippen LogP contribution is 2.29. The van der Waals surface area contributed by atoms with Crippen molar-refractivity contribution < 1.29 is 9.47 Å². The molecule has 0 aliphatic carbocycles. The first-order valence-electron chi connectivity index (χ1n) is 7.23. The van der Waals surface area contributed by atoms with Crippen LogP contribution in [-0.2, 0) is 0 Å². The molecule has 3 N–H and O–H groups in total. The van der Waals surface area contributed by atoms with Crippen LogP contribution < -0.4 is 20.5 Å². The molecule has 0 aliphatic rings. The Morgan fingerprint density at radius 2 is 1.79 bits per heavy atom. The summed E-state index contributed by atoms with van der Waals surface area (Å²) in [5.74, 6) is 1.64. The number of hydrogen-bond donors (Lipinski definition) is 2. The maximum absolute atomic E-state index is 5.88. The Morgan fingerprint density at radius 3 is 2.46 bits per heavy atom. The van der Waals surface area contributed by atoms with Crippen LogP contribution >= 0.6 is 24.0 Å². The average Bonchev–Trinajstić information content (AvgIpc) is 2.59. The van der Waals surface area contributed by atoms with Crippen molar-refractivity contribution in [2.75, 3.05) is 26.1 Å². The molecule has 0 unspecified atom stereocenters. The summed E-state index contributed by atoms with van der Waals surface area (Å²) in [7, 11) is 3.19. The molecular formula is C18H22IN3O2. The first-order valence-corrected chi connectivity index (χ1v) is 7.23. The van der Waals surface area contributed by atoms with E-state index in [0.717, 1.165) is 11.3 Å². The smallest absolute Gasteiger partial charge is 0.193 e. The Hall–Kier alpha value is -2.22. The van der Waals surface area contributed by atoms with E-state index in [1.54, 1.807) is 20.3 Å². The fourth-order valence-corrected chi connectivity index (χ4v) is 2.01.